The Labute approximate surface area is 63.2 Å². The van der Waals surface area contributed by atoms with Crippen molar-refractivity contribution < 1.29 is 4.39 Å². The van der Waals surface area contributed by atoms with Crippen molar-refractivity contribution in [3.63, 3.8) is 0 Å². The van der Waals surface area contributed by atoms with Crippen LogP contribution in [0.15, 0.2) is 0 Å². The van der Waals surface area contributed by atoms with Gasteiger partial charge in [-0.15, -0.1) is 0 Å². The maximum atomic E-state index is 12.8. The van der Waals surface area contributed by atoms with E-state index in [1.54, 1.807) is 0 Å². The molecule has 1 nitrogen and oxygen atoms in total. The third-order valence-electron chi connectivity index (χ3n) is 1.43. The SMILES string of the molecule is CCCCC(F)CN(C)C. The maximum Gasteiger partial charge on any atom is 0.113 e. The Morgan fingerprint density at radius 1 is 1.40 bits per heavy atom. The van der Waals surface area contributed by atoms with Gasteiger partial charge < -0.3 is 4.90 Å². The summed E-state index contributed by atoms with van der Waals surface area (Å²) in [7, 11) is 3.80. The smallest absolute Gasteiger partial charge is 0.113 e. The van der Waals surface area contributed by atoms with Gasteiger partial charge >= 0.3 is 0 Å². The van der Waals surface area contributed by atoms with Gasteiger partial charge in [0.2, 0.25) is 0 Å². The molecule has 0 aliphatic carbocycles. The van der Waals surface area contributed by atoms with Crippen molar-refractivity contribution in [2.45, 2.75) is 32.4 Å². The van der Waals surface area contributed by atoms with Gasteiger partial charge in [0.15, 0.2) is 0 Å². The lowest BCUT2D eigenvalue weighted by atomic mass is 10.2. The molecule has 0 aromatic carbocycles. The van der Waals surface area contributed by atoms with Crippen molar-refractivity contribution in [1.82, 2.24) is 4.90 Å². The fourth-order valence-electron chi connectivity index (χ4n) is 0.913. The van der Waals surface area contributed by atoms with E-state index in [4.69, 9.17) is 0 Å². The van der Waals surface area contributed by atoms with E-state index in [0.29, 0.717) is 13.0 Å². The van der Waals surface area contributed by atoms with E-state index >= 15 is 0 Å². The average molecular weight is 147 g/mol. The second-order valence-corrected chi connectivity index (χ2v) is 3.00. The summed E-state index contributed by atoms with van der Waals surface area (Å²) in [5.74, 6) is 0. The summed E-state index contributed by atoms with van der Waals surface area (Å²) in [5, 5.41) is 0. The molecule has 0 amide bonds. The largest absolute Gasteiger partial charge is 0.307 e. The van der Waals surface area contributed by atoms with Crippen LogP contribution in [0, 0.1) is 0 Å². The number of unbranched alkanes of at least 4 members (excludes halogenated alkanes) is 1. The first kappa shape index (κ1) is 9.89. The fraction of sp³-hybridized carbons (Fsp3) is 1.00. The van der Waals surface area contributed by atoms with E-state index in [2.05, 4.69) is 6.92 Å². The molecule has 1 unspecified atom stereocenters. The number of hydrogen-bond acceptors (Lipinski definition) is 1. The summed E-state index contributed by atoms with van der Waals surface area (Å²) in [6.45, 7) is 2.66. The normalized spacial score (nSPS) is 14.1. The number of rotatable bonds is 5. The molecular weight excluding hydrogens is 129 g/mol. The van der Waals surface area contributed by atoms with E-state index in [1.807, 2.05) is 19.0 Å². The van der Waals surface area contributed by atoms with Gasteiger partial charge in [-0.25, -0.2) is 4.39 Å². The lowest BCUT2D eigenvalue weighted by Gasteiger charge is -2.12. The van der Waals surface area contributed by atoms with Crippen molar-refractivity contribution in [2.24, 2.45) is 0 Å². The minimum Gasteiger partial charge on any atom is -0.307 e. The molecule has 0 N–H and O–H groups in total. The van der Waals surface area contributed by atoms with Gasteiger partial charge in [0, 0.05) is 6.54 Å². The van der Waals surface area contributed by atoms with Crippen LogP contribution in [0.25, 0.3) is 0 Å². The molecule has 62 valence electrons. The first-order valence-electron chi connectivity index (χ1n) is 3.95. The Balaban J connectivity index is 3.16. The number of hydrogen-bond donors (Lipinski definition) is 0. The zero-order valence-electron chi connectivity index (χ0n) is 7.23. The zero-order chi connectivity index (χ0) is 7.98. The topological polar surface area (TPSA) is 3.24 Å². The van der Waals surface area contributed by atoms with Crippen molar-refractivity contribution >= 4 is 0 Å². The molecule has 1 atom stereocenters. The Kier molecular flexibility index (Phi) is 5.60. The highest BCUT2D eigenvalue weighted by Gasteiger charge is 2.05. The van der Waals surface area contributed by atoms with Gasteiger partial charge in [0.05, 0.1) is 0 Å². The lowest BCUT2D eigenvalue weighted by molar-refractivity contribution is 0.231. The van der Waals surface area contributed by atoms with Crippen LogP contribution < -0.4 is 0 Å². The maximum absolute atomic E-state index is 12.8. The van der Waals surface area contributed by atoms with E-state index in [1.165, 1.54) is 0 Å². The number of nitrogens with zero attached hydrogens (tertiary/aromatic N) is 1. The van der Waals surface area contributed by atoms with Crippen LogP contribution in [0.4, 0.5) is 4.39 Å². The lowest BCUT2D eigenvalue weighted by Crippen LogP contribution is -2.22. The standard InChI is InChI=1S/C8H18FN/c1-4-5-6-8(9)7-10(2)3/h8H,4-7H2,1-3H3. The molecule has 0 bridgehead atoms. The van der Waals surface area contributed by atoms with Gasteiger partial charge in [0.25, 0.3) is 0 Å². The van der Waals surface area contributed by atoms with Gasteiger partial charge in [-0.1, -0.05) is 19.8 Å². The molecule has 0 rings (SSSR count). The fourth-order valence-corrected chi connectivity index (χ4v) is 0.913. The van der Waals surface area contributed by atoms with Crippen LogP contribution >= 0.6 is 0 Å². The summed E-state index contributed by atoms with van der Waals surface area (Å²) in [6.07, 6.45) is 2.19. The molecule has 0 saturated carbocycles. The molecule has 0 aromatic heterocycles. The van der Waals surface area contributed by atoms with Crippen LogP contribution in [0.3, 0.4) is 0 Å². The van der Waals surface area contributed by atoms with Crippen molar-refractivity contribution in [1.29, 1.82) is 0 Å². The first-order chi connectivity index (χ1) is 4.66. The van der Waals surface area contributed by atoms with Crippen LogP contribution in [-0.4, -0.2) is 31.7 Å². The highest BCUT2D eigenvalue weighted by Crippen LogP contribution is 2.04. The molecule has 0 heterocycles. The summed E-state index contributed by atoms with van der Waals surface area (Å²) in [6, 6.07) is 0. The van der Waals surface area contributed by atoms with Gasteiger partial charge in [-0.2, -0.15) is 0 Å². The molecular formula is C8H18FN. The summed E-state index contributed by atoms with van der Waals surface area (Å²) < 4.78 is 12.8. The second kappa shape index (κ2) is 5.66. The summed E-state index contributed by atoms with van der Waals surface area (Å²) >= 11 is 0. The predicted octanol–water partition coefficient (Wildman–Crippen LogP) is 2.08. The van der Waals surface area contributed by atoms with Gasteiger partial charge in [-0.05, 0) is 20.5 Å². The minimum atomic E-state index is -0.630. The quantitative estimate of drug-likeness (QED) is 0.575. The highest BCUT2D eigenvalue weighted by atomic mass is 19.1. The Morgan fingerprint density at radius 2 is 2.00 bits per heavy atom. The minimum absolute atomic E-state index is 0.569. The molecule has 0 aromatic rings. The third kappa shape index (κ3) is 6.02. The predicted molar refractivity (Wildman–Crippen MR) is 43.0 cm³/mol. The monoisotopic (exact) mass is 147 g/mol. The first-order valence-corrected chi connectivity index (χ1v) is 3.95. The van der Waals surface area contributed by atoms with Gasteiger partial charge in [-0.3, -0.25) is 0 Å². The Hall–Kier alpha value is -0.110. The van der Waals surface area contributed by atoms with E-state index in [-0.39, 0.29) is 0 Å². The highest BCUT2D eigenvalue weighted by molar-refractivity contribution is 4.58. The molecule has 0 fully saturated rings. The average Bonchev–Trinajstić information content (AvgIpc) is 1.82. The van der Waals surface area contributed by atoms with E-state index < -0.39 is 6.17 Å². The van der Waals surface area contributed by atoms with Crippen LogP contribution in [-0.2, 0) is 0 Å². The number of halogens is 1. The van der Waals surface area contributed by atoms with Crippen LogP contribution in [0.1, 0.15) is 26.2 Å². The Bertz CT molecular complexity index is 73.7. The molecule has 0 spiro atoms. The summed E-state index contributed by atoms with van der Waals surface area (Å²) in [5.41, 5.74) is 0. The van der Waals surface area contributed by atoms with Crippen LogP contribution in [0.2, 0.25) is 0 Å². The van der Waals surface area contributed by atoms with Crippen LogP contribution in [0.5, 0.6) is 0 Å². The third-order valence-corrected chi connectivity index (χ3v) is 1.43. The van der Waals surface area contributed by atoms with Crippen molar-refractivity contribution in [3.8, 4) is 0 Å². The molecule has 0 aliphatic rings. The molecule has 0 saturated heterocycles. The van der Waals surface area contributed by atoms with Gasteiger partial charge in [0.1, 0.15) is 6.17 Å². The Morgan fingerprint density at radius 3 is 2.40 bits per heavy atom. The molecule has 2 heteroatoms. The van der Waals surface area contributed by atoms with E-state index in [0.717, 1.165) is 12.8 Å². The molecule has 0 aliphatic heterocycles. The van der Waals surface area contributed by atoms with E-state index in [9.17, 15) is 4.39 Å². The van der Waals surface area contributed by atoms with Crippen molar-refractivity contribution in [2.75, 3.05) is 20.6 Å². The molecule has 10 heavy (non-hydrogen) atoms. The summed E-state index contributed by atoms with van der Waals surface area (Å²) in [4.78, 5) is 1.89. The zero-order valence-corrected chi connectivity index (χ0v) is 7.23. The molecule has 0 radical (unpaired) electrons. The number of alkyl halides is 1. The van der Waals surface area contributed by atoms with Crippen molar-refractivity contribution in [3.05, 3.63) is 0 Å². The second-order valence-electron chi connectivity index (χ2n) is 3.00.